The zero-order valence-corrected chi connectivity index (χ0v) is 8.85. The van der Waals surface area contributed by atoms with Gasteiger partial charge in [0.25, 0.3) is 0 Å². The van der Waals surface area contributed by atoms with E-state index in [2.05, 4.69) is 59.2 Å². The second kappa shape index (κ2) is 2.76. The Bertz CT molecular complexity index is 775. The highest BCUT2D eigenvalue weighted by Crippen LogP contribution is 2.20. The van der Waals surface area contributed by atoms with Gasteiger partial charge < -0.3 is 4.40 Å². The van der Waals surface area contributed by atoms with Gasteiger partial charge in [-0.05, 0) is 41.5 Å². The third kappa shape index (κ3) is 0.904. The maximum Gasteiger partial charge on any atom is 0.0534 e. The van der Waals surface area contributed by atoms with Gasteiger partial charge in [-0.3, -0.25) is 0 Å². The Kier molecular flexibility index (Phi) is 1.41. The molecule has 0 amide bonds. The zero-order chi connectivity index (χ0) is 10.5. The Balaban J connectivity index is 2.31. The number of fused-ring (bicyclic) bond motifs is 5. The molecule has 2 aromatic heterocycles. The Labute approximate surface area is 93.3 Å². The van der Waals surface area contributed by atoms with E-state index in [0.717, 1.165) is 6.42 Å². The van der Waals surface area contributed by atoms with E-state index < -0.39 is 0 Å². The van der Waals surface area contributed by atoms with Gasteiger partial charge >= 0.3 is 0 Å². The summed E-state index contributed by atoms with van der Waals surface area (Å²) in [4.78, 5) is 0. The van der Waals surface area contributed by atoms with Gasteiger partial charge in [0.15, 0.2) is 0 Å². The molecule has 4 rings (SSSR count). The Morgan fingerprint density at radius 3 is 3.12 bits per heavy atom. The highest BCUT2D eigenvalue weighted by molar-refractivity contribution is 5.90. The highest BCUT2D eigenvalue weighted by Gasteiger charge is 2.06. The number of hydrogen-bond acceptors (Lipinski definition) is 0. The SMILES string of the molecule is C1=Cc2ccc3c(cc4cccn43)c2=CC1. The fourth-order valence-electron chi connectivity index (χ4n) is 2.64. The van der Waals surface area contributed by atoms with Crippen LogP contribution >= 0.6 is 0 Å². The lowest BCUT2D eigenvalue weighted by atomic mass is 10.0. The van der Waals surface area contributed by atoms with E-state index >= 15 is 0 Å². The highest BCUT2D eigenvalue weighted by atomic mass is 14.9. The fraction of sp³-hybridized carbons (Fsp3) is 0.0667. The quantitative estimate of drug-likeness (QED) is 0.531. The minimum atomic E-state index is 1.05. The number of hydrogen-bond donors (Lipinski definition) is 0. The molecule has 0 bridgehead atoms. The second-order valence-corrected chi connectivity index (χ2v) is 4.29. The standard InChI is InChI=1S/C15H11N/c1-2-6-13-11(4-1)7-8-15-14(13)10-12-5-3-9-16(12)15/h1,3-10H,2H2. The molecule has 0 aliphatic heterocycles. The summed E-state index contributed by atoms with van der Waals surface area (Å²) in [5.41, 5.74) is 3.93. The molecule has 1 aromatic carbocycles. The molecule has 0 N–H and O–H groups in total. The zero-order valence-electron chi connectivity index (χ0n) is 8.85. The van der Waals surface area contributed by atoms with Gasteiger partial charge in [-0.1, -0.05) is 24.3 Å². The van der Waals surface area contributed by atoms with E-state index in [1.54, 1.807) is 0 Å². The summed E-state index contributed by atoms with van der Waals surface area (Å²) < 4.78 is 2.25. The average Bonchev–Trinajstić information content (AvgIpc) is 2.88. The molecule has 1 aliphatic carbocycles. The smallest absolute Gasteiger partial charge is 0.0534 e. The lowest BCUT2D eigenvalue weighted by Crippen LogP contribution is -2.08. The maximum atomic E-state index is 2.32. The summed E-state index contributed by atoms with van der Waals surface area (Å²) in [6.45, 7) is 0. The van der Waals surface area contributed by atoms with Crippen molar-refractivity contribution in [3.63, 3.8) is 0 Å². The number of rotatable bonds is 0. The van der Waals surface area contributed by atoms with E-state index in [4.69, 9.17) is 0 Å². The molecular weight excluding hydrogens is 194 g/mol. The van der Waals surface area contributed by atoms with E-state index in [0.29, 0.717) is 0 Å². The predicted molar refractivity (Wildman–Crippen MR) is 68.2 cm³/mol. The molecule has 2 heterocycles. The number of nitrogens with zero attached hydrogens (tertiary/aromatic N) is 1. The summed E-state index contributed by atoms with van der Waals surface area (Å²) in [6.07, 6.45) is 9.92. The van der Waals surface area contributed by atoms with E-state index in [-0.39, 0.29) is 0 Å². The molecule has 1 aliphatic rings. The topological polar surface area (TPSA) is 4.41 Å². The van der Waals surface area contributed by atoms with E-state index in [1.807, 2.05) is 0 Å². The first kappa shape index (κ1) is 8.17. The molecule has 0 saturated heterocycles. The molecule has 0 radical (unpaired) electrons. The summed E-state index contributed by atoms with van der Waals surface area (Å²) in [5.74, 6) is 0. The van der Waals surface area contributed by atoms with Gasteiger partial charge in [-0.2, -0.15) is 0 Å². The summed E-state index contributed by atoms with van der Waals surface area (Å²) >= 11 is 0. The molecular formula is C15H11N. The first-order valence-corrected chi connectivity index (χ1v) is 5.63. The van der Waals surface area contributed by atoms with Crippen LogP contribution in [0.2, 0.25) is 0 Å². The molecule has 0 fully saturated rings. The van der Waals surface area contributed by atoms with Gasteiger partial charge in [0.05, 0.1) is 5.52 Å². The molecule has 0 unspecified atom stereocenters. The fourth-order valence-corrected chi connectivity index (χ4v) is 2.64. The van der Waals surface area contributed by atoms with Crippen LogP contribution in [0.4, 0.5) is 0 Å². The van der Waals surface area contributed by atoms with Gasteiger partial charge in [-0.25, -0.2) is 0 Å². The van der Waals surface area contributed by atoms with Crippen molar-refractivity contribution in [1.29, 1.82) is 0 Å². The summed E-state index contributed by atoms with van der Waals surface area (Å²) in [6, 6.07) is 11.0. The van der Waals surface area contributed by atoms with Gasteiger partial charge in [0.1, 0.15) is 0 Å². The van der Waals surface area contributed by atoms with Crippen molar-refractivity contribution in [2.24, 2.45) is 0 Å². The molecule has 0 saturated carbocycles. The van der Waals surface area contributed by atoms with Crippen LogP contribution in [0.15, 0.2) is 42.6 Å². The second-order valence-electron chi connectivity index (χ2n) is 4.29. The molecule has 0 atom stereocenters. The van der Waals surface area contributed by atoms with Gasteiger partial charge in [0, 0.05) is 17.1 Å². The largest absolute Gasteiger partial charge is 0.317 e. The number of aromatic nitrogens is 1. The van der Waals surface area contributed by atoms with Crippen LogP contribution in [0.1, 0.15) is 12.0 Å². The predicted octanol–water partition coefficient (Wildman–Crippen LogP) is 3.01. The molecule has 1 nitrogen and oxygen atoms in total. The van der Waals surface area contributed by atoms with Crippen LogP contribution in [-0.2, 0) is 0 Å². The first-order chi connectivity index (χ1) is 7.93. The molecule has 1 heteroatoms. The Morgan fingerprint density at radius 1 is 1.12 bits per heavy atom. The Hall–Kier alpha value is -2.02. The minimum absolute atomic E-state index is 1.05. The summed E-state index contributed by atoms with van der Waals surface area (Å²) in [7, 11) is 0. The summed E-state index contributed by atoms with van der Waals surface area (Å²) in [5, 5.41) is 2.76. The normalized spacial score (nSPS) is 14.2. The molecule has 0 spiro atoms. The van der Waals surface area contributed by atoms with Crippen molar-refractivity contribution in [3.05, 3.63) is 53.4 Å². The molecule has 16 heavy (non-hydrogen) atoms. The van der Waals surface area contributed by atoms with Crippen molar-refractivity contribution < 1.29 is 0 Å². The van der Waals surface area contributed by atoms with Crippen molar-refractivity contribution in [2.45, 2.75) is 6.42 Å². The van der Waals surface area contributed by atoms with Crippen LogP contribution in [0, 0.1) is 0 Å². The van der Waals surface area contributed by atoms with Crippen LogP contribution in [0.5, 0.6) is 0 Å². The van der Waals surface area contributed by atoms with Gasteiger partial charge in [-0.15, -0.1) is 0 Å². The van der Waals surface area contributed by atoms with Crippen molar-refractivity contribution >= 4 is 28.6 Å². The third-order valence-electron chi connectivity index (χ3n) is 3.39. The van der Waals surface area contributed by atoms with Crippen LogP contribution < -0.4 is 5.22 Å². The van der Waals surface area contributed by atoms with Crippen molar-refractivity contribution in [1.82, 2.24) is 4.40 Å². The monoisotopic (exact) mass is 205 g/mol. The third-order valence-corrected chi connectivity index (χ3v) is 3.39. The maximum absolute atomic E-state index is 2.32. The molecule has 3 aromatic rings. The van der Waals surface area contributed by atoms with Crippen molar-refractivity contribution in [2.75, 3.05) is 0 Å². The lowest BCUT2D eigenvalue weighted by Gasteiger charge is -2.03. The lowest BCUT2D eigenvalue weighted by molar-refractivity contribution is 1.30. The van der Waals surface area contributed by atoms with Crippen LogP contribution in [0.25, 0.3) is 28.6 Å². The number of allylic oxidation sites excluding steroid dienone is 1. The van der Waals surface area contributed by atoms with Crippen molar-refractivity contribution in [3.8, 4) is 0 Å². The van der Waals surface area contributed by atoms with Gasteiger partial charge in [0.2, 0.25) is 0 Å². The minimum Gasteiger partial charge on any atom is -0.317 e. The van der Waals surface area contributed by atoms with E-state index in [1.165, 1.54) is 27.2 Å². The molecule has 76 valence electrons. The van der Waals surface area contributed by atoms with Crippen LogP contribution in [0.3, 0.4) is 0 Å². The van der Waals surface area contributed by atoms with E-state index in [9.17, 15) is 0 Å². The Morgan fingerprint density at radius 2 is 2.12 bits per heavy atom. The number of benzene rings is 1. The first-order valence-electron chi connectivity index (χ1n) is 5.63. The van der Waals surface area contributed by atoms with Crippen LogP contribution in [-0.4, -0.2) is 4.40 Å². The average molecular weight is 205 g/mol.